The van der Waals surface area contributed by atoms with Crippen molar-refractivity contribution in [1.29, 1.82) is 0 Å². The molecule has 9 nitrogen and oxygen atoms in total. The van der Waals surface area contributed by atoms with Gasteiger partial charge in [-0.05, 0) is 43.7 Å². The Morgan fingerprint density at radius 3 is 2.94 bits per heavy atom. The first-order chi connectivity index (χ1) is 14.8. The molecule has 1 atom stereocenters. The first-order valence-electron chi connectivity index (χ1n) is 9.96. The van der Waals surface area contributed by atoms with E-state index in [0.717, 1.165) is 22.8 Å². The van der Waals surface area contributed by atoms with Crippen molar-refractivity contribution in [3.8, 4) is 0 Å². The fourth-order valence-corrected chi connectivity index (χ4v) is 5.20. The van der Waals surface area contributed by atoms with E-state index in [1.54, 1.807) is 0 Å². The molecule has 2 aliphatic rings. The van der Waals surface area contributed by atoms with Crippen molar-refractivity contribution in [2.24, 2.45) is 0 Å². The second-order valence-electron chi connectivity index (χ2n) is 7.58. The number of carbonyl (C=O) groups is 2. The predicted molar refractivity (Wildman–Crippen MR) is 114 cm³/mol. The van der Waals surface area contributed by atoms with Crippen molar-refractivity contribution < 1.29 is 22.7 Å². The summed E-state index contributed by atoms with van der Waals surface area (Å²) in [6.45, 7) is 8.48. The number of allylic oxidation sites excluding steroid dienone is 1. The number of morpholine rings is 1. The van der Waals surface area contributed by atoms with Gasteiger partial charge in [0, 0.05) is 37.1 Å². The molecule has 164 valence electrons. The molecule has 1 aromatic heterocycles. The lowest BCUT2D eigenvalue weighted by molar-refractivity contribution is -0.0197. The highest BCUT2D eigenvalue weighted by Gasteiger charge is 2.30. The molecule has 1 unspecified atom stereocenters. The van der Waals surface area contributed by atoms with Crippen LogP contribution >= 0.6 is 0 Å². The van der Waals surface area contributed by atoms with E-state index in [0.29, 0.717) is 19.6 Å². The highest BCUT2D eigenvalue weighted by atomic mass is 32.2. The zero-order chi connectivity index (χ0) is 22.2. The van der Waals surface area contributed by atoms with Gasteiger partial charge in [0.05, 0.1) is 18.4 Å². The van der Waals surface area contributed by atoms with Gasteiger partial charge < -0.3 is 20.3 Å². The summed E-state index contributed by atoms with van der Waals surface area (Å²) in [5, 5.41) is 5.42. The monoisotopic (exact) mass is 444 g/mol. The summed E-state index contributed by atoms with van der Waals surface area (Å²) < 4.78 is 32.4. The molecule has 0 saturated carbocycles. The predicted octanol–water partition coefficient (Wildman–Crippen LogP) is 1.65. The van der Waals surface area contributed by atoms with Gasteiger partial charge in [-0.1, -0.05) is 6.58 Å². The van der Waals surface area contributed by atoms with Crippen LogP contribution in [0.15, 0.2) is 53.7 Å². The number of carbonyl (C=O) groups excluding carboxylic acids is 2. The molecule has 3 heterocycles. The van der Waals surface area contributed by atoms with E-state index in [1.807, 2.05) is 6.92 Å². The average molecular weight is 445 g/mol. The summed E-state index contributed by atoms with van der Waals surface area (Å²) in [6, 6.07) is 7.07. The van der Waals surface area contributed by atoms with E-state index in [4.69, 9.17) is 4.74 Å². The number of fused-ring (bicyclic) bond motifs is 2. The summed E-state index contributed by atoms with van der Waals surface area (Å²) in [6.07, 6.45) is 1.96. The zero-order valence-electron chi connectivity index (χ0n) is 17.1. The van der Waals surface area contributed by atoms with Crippen LogP contribution in [-0.2, 0) is 14.8 Å². The third-order valence-corrected chi connectivity index (χ3v) is 7.15. The van der Waals surface area contributed by atoms with Gasteiger partial charge in [-0.15, -0.1) is 0 Å². The van der Waals surface area contributed by atoms with Crippen molar-refractivity contribution in [3.05, 3.63) is 60.1 Å². The molecule has 0 bridgehead atoms. The zero-order valence-corrected chi connectivity index (χ0v) is 17.9. The van der Waals surface area contributed by atoms with E-state index in [-0.39, 0.29) is 33.9 Å². The Kier molecular flexibility index (Phi) is 5.59. The average Bonchev–Trinajstić information content (AvgIpc) is 3.22. The maximum atomic E-state index is 12.9. The molecular formula is C21H24N4O5S. The minimum absolute atomic E-state index is 0.00276. The van der Waals surface area contributed by atoms with Gasteiger partial charge in [0.1, 0.15) is 10.6 Å². The smallest absolute Gasteiger partial charge is 0.273 e. The topological polar surface area (TPSA) is 110 Å². The fourth-order valence-electron chi connectivity index (χ4n) is 3.73. The SMILES string of the molecule is C=C(C)N1CCOC(CCNC(=O)c2ccc3c(c2)NC(=O)c2cccn2S3(=O)=O)C1. The number of benzene rings is 1. The quantitative estimate of drug-likeness (QED) is 0.726. The highest BCUT2D eigenvalue weighted by Crippen LogP contribution is 2.29. The Balaban J connectivity index is 1.44. The molecule has 1 aromatic carbocycles. The summed E-state index contributed by atoms with van der Waals surface area (Å²) in [5.74, 6) is -0.910. The summed E-state index contributed by atoms with van der Waals surface area (Å²) in [5.41, 5.74) is 1.34. The number of aromatic nitrogens is 1. The van der Waals surface area contributed by atoms with E-state index < -0.39 is 15.9 Å². The summed E-state index contributed by atoms with van der Waals surface area (Å²) >= 11 is 0. The number of hydrogen-bond donors (Lipinski definition) is 2. The van der Waals surface area contributed by atoms with Gasteiger partial charge in [-0.2, -0.15) is 0 Å². The maximum absolute atomic E-state index is 12.9. The van der Waals surface area contributed by atoms with Crippen LogP contribution in [0, 0.1) is 0 Å². The largest absolute Gasteiger partial charge is 0.374 e. The van der Waals surface area contributed by atoms with Crippen molar-refractivity contribution in [2.45, 2.75) is 24.3 Å². The Bertz CT molecular complexity index is 1150. The summed E-state index contributed by atoms with van der Waals surface area (Å²) in [7, 11) is -3.94. The third kappa shape index (κ3) is 4.08. The lowest BCUT2D eigenvalue weighted by atomic mass is 10.1. The van der Waals surface area contributed by atoms with Gasteiger partial charge >= 0.3 is 0 Å². The Labute approximate surface area is 180 Å². The van der Waals surface area contributed by atoms with Crippen LogP contribution in [0.4, 0.5) is 5.69 Å². The highest BCUT2D eigenvalue weighted by molar-refractivity contribution is 7.90. The molecule has 1 saturated heterocycles. The molecule has 2 N–H and O–H groups in total. The molecule has 10 heteroatoms. The van der Waals surface area contributed by atoms with Crippen LogP contribution in [0.25, 0.3) is 0 Å². The van der Waals surface area contributed by atoms with Crippen LogP contribution in [0.1, 0.15) is 34.2 Å². The number of nitrogens with one attached hydrogen (secondary N) is 2. The van der Waals surface area contributed by atoms with Gasteiger partial charge in [0.2, 0.25) is 0 Å². The van der Waals surface area contributed by atoms with Crippen LogP contribution < -0.4 is 10.6 Å². The van der Waals surface area contributed by atoms with Crippen LogP contribution in [0.5, 0.6) is 0 Å². The van der Waals surface area contributed by atoms with Gasteiger partial charge in [-0.25, -0.2) is 12.4 Å². The Hall–Kier alpha value is -3.11. The van der Waals surface area contributed by atoms with Crippen LogP contribution in [0.2, 0.25) is 0 Å². The number of rotatable bonds is 5. The molecule has 2 aromatic rings. The molecular weight excluding hydrogens is 420 g/mol. The van der Waals surface area contributed by atoms with Crippen LogP contribution in [-0.4, -0.2) is 61.4 Å². The van der Waals surface area contributed by atoms with E-state index >= 15 is 0 Å². The first-order valence-corrected chi connectivity index (χ1v) is 11.4. The first kappa shape index (κ1) is 21.1. The van der Waals surface area contributed by atoms with Crippen LogP contribution in [0.3, 0.4) is 0 Å². The summed E-state index contributed by atoms with van der Waals surface area (Å²) in [4.78, 5) is 27.1. The van der Waals surface area contributed by atoms with E-state index in [1.165, 1.54) is 36.5 Å². The van der Waals surface area contributed by atoms with Gasteiger partial charge in [0.25, 0.3) is 21.8 Å². The van der Waals surface area contributed by atoms with Crippen molar-refractivity contribution in [3.63, 3.8) is 0 Å². The normalized spacial score (nSPS) is 19.6. The standard InChI is InChI=1S/C21H24N4O5S/c1-14(2)24-10-11-30-16(13-24)7-8-22-20(26)15-5-6-19-17(12-15)23-21(27)18-4-3-9-25(18)31(19,28)29/h3-6,9,12,16H,1,7-8,10-11,13H2,2H3,(H,22,26)(H,23,27). The van der Waals surface area contributed by atoms with E-state index in [2.05, 4.69) is 22.1 Å². The number of anilines is 1. The number of amides is 2. The Morgan fingerprint density at radius 2 is 2.16 bits per heavy atom. The third-order valence-electron chi connectivity index (χ3n) is 5.40. The van der Waals surface area contributed by atoms with Crippen molar-refractivity contribution in [1.82, 2.24) is 14.2 Å². The minimum atomic E-state index is -3.94. The van der Waals surface area contributed by atoms with Crippen molar-refractivity contribution >= 4 is 27.5 Å². The lowest BCUT2D eigenvalue weighted by Crippen LogP contribution is -2.42. The minimum Gasteiger partial charge on any atom is -0.374 e. The maximum Gasteiger partial charge on any atom is 0.273 e. The molecule has 0 spiro atoms. The fraction of sp³-hybridized carbons (Fsp3) is 0.333. The lowest BCUT2D eigenvalue weighted by Gasteiger charge is -2.34. The van der Waals surface area contributed by atoms with Crippen molar-refractivity contribution in [2.75, 3.05) is 31.6 Å². The number of hydrogen-bond acceptors (Lipinski definition) is 6. The molecule has 0 aliphatic carbocycles. The molecule has 1 fully saturated rings. The Morgan fingerprint density at radius 1 is 1.35 bits per heavy atom. The second kappa shape index (κ2) is 8.20. The van der Waals surface area contributed by atoms with E-state index in [9.17, 15) is 18.0 Å². The number of nitrogens with zero attached hydrogens (tertiary/aromatic N) is 2. The second-order valence-corrected chi connectivity index (χ2v) is 9.36. The molecule has 2 amide bonds. The van der Waals surface area contributed by atoms with Gasteiger partial charge in [-0.3, -0.25) is 9.59 Å². The molecule has 0 radical (unpaired) electrons. The molecule has 31 heavy (non-hydrogen) atoms. The number of ether oxygens (including phenoxy) is 1. The van der Waals surface area contributed by atoms with Gasteiger partial charge in [0.15, 0.2) is 0 Å². The molecule has 4 rings (SSSR count). The molecule has 2 aliphatic heterocycles.